The minimum atomic E-state index is -1.21. The molecule has 1 N–H and O–H groups in total. The van der Waals surface area contributed by atoms with Crippen molar-refractivity contribution in [1.29, 1.82) is 5.26 Å². The van der Waals surface area contributed by atoms with Crippen molar-refractivity contribution in [2.45, 2.75) is 19.4 Å². The summed E-state index contributed by atoms with van der Waals surface area (Å²) in [5.41, 5.74) is -0.952. The Morgan fingerprint density at radius 3 is 2.41 bits per heavy atom. The average molecular weight is 273 g/mol. The first-order valence-electron chi connectivity index (χ1n) is 4.71. The maximum absolute atomic E-state index is 11.5. The summed E-state index contributed by atoms with van der Waals surface area (Å²) in [5, 5.41) is 11.7. The predicted octanol–water partition coefficient (Wildman–Crippen LogP) is 3.84. The number of nitriles is 1. The van der Waals surface area contributed by atoms with Gasteiger partial charge < -0.3 is 4.74 Å². The molecule has 1 rings (SSSR count). The van der Waals surface area contributed by atoms with Gasteiger partial charge in [0.15, 0.2) is 5.60 Å². The van der Waals surface area contributed by atoms with Crippen LogP contribution in [0.2, 0.25) is 10.0 Å². The van der Waals surface area contributed by atoms with E-state index in [1.54, 1.807) is 18.2 Å². The second-order valence-corrected chi connectivity index (χ2v) is 4.55. The summed E-state index contributed by atoms with van der Waals surface area (Å²) >= 11 is 11.7. The molecule has 0 unspecified atom stereocenters. The molecule has 0 atom stereocenters. The van der Waals surface area contributed by atoms with Crippen LogP contribution in [-0.4, -0.2) is 11.7 Å². The lowest BCUT2D eigenvalue weighted by molar-refractivity contribution is 0.0890. The van der Waals surface area contributed by atoms with Crippen molar-refractivity contribution in [2.75, 3.05) is 5.32 Å². The fraction of sp³-hybridized carbons (Fsp3) is 0.273. The molecule has 0 saturated carbocycles. The van der Waals surface area contributed by atoms with E-state index in [-0.39, 0.29) is 5.69 Å². The Bertz CT molecular complexity index is 461. The van der Waals surface area contributed by atoms with Gasteiger partial charge in [0.2, 0.25) is 0 Å². The average Bonchev–Trinajstić information content (AvgIpc) is 2.23. The van der Waals surface area contributed by atoms with Crippen molar-refractivity contribution in [3.63, 3.8) is 0 Å². The third kappa shape index (κ3) is 3.81. The molecule has 0 aliphatic heterocycles. The number of hydrogen-bond acceptors (Lipinski definition) is 3. The summed E-state index contributed by atoms with van der Waals surface area (Å²) in [4.78, 5) is 11.5. The van der Waals surface area contributed by atoms with E-state index in [0.717, 1.165) is 0 Å². The van der Waals surface area contributed by atoms with Crippen LogP contribution in [0, 0.1) is 11.3 Å². The van der Waals surface area contributed by atoms with Gasteiger partial charge in [-0.25, -0.2) is 4.79 Å². The van der Waals surface area contributed by atoms with E-state index >= 15 is 0 Å². The first-order valence-corrected chi connectivity index (χ1v) is 5.46. The molecule has 0 spiro atoms. The number of nitrogens with one attached hydrogen (secondary N) is 1. The molecule has 1 aromatic rings. The molecule has 90 valence electrons. The summed E-state index contributed by atoms with van der Waals surface area (Å²) in [7, 11) is 0. The zero-order valence-corrected chi connectivity index (χ0v) is 10.8. The molecular formula is C11H10Cl2N2O2. The Morgan fingerprint density at radius 2 is 1.94 bits per heavy atom. The van der Waals surface area contributed by atoms with Crippen molar-refractivity contribution in [3.05, 3.63) is 28.2 Å². The monoisotopic (exact) mass is 272 g/mol. The van der Waals surface area contributed by atoms with Crippen LogP contribution in [0.15, 0.2) is 18.2 Å². The minimum Gasteiger partial charge on any atom is -0.428 e. The van der Waals surface area contributed by atoms with Crippen molar-refractivity contribution >= 4 is 35.0 Å². The summed E-state index contributed by atoms with van der Waals surface area (Å²) in [6.07, 6.45) is -0.786. The quantitative estimate of drug-likeness (QED) is 0.890. The highest BCUT2D eigenvalue weighted by atomic mass is 35.5. The van der Waals surface area contributed by atoms with Crippen LogP contribution in [0.1, 0.15) is 13.8 Å². The Morgan fingerprint density at radius 1 is 1.41 bits per heavy atom. The fourth-order valence-electron chi connectivity index (χ4n) is 0.999. The normalized spacial score (nSPS) is 10.5. The van der Waals surface area contributed by atoms with Gasteiger partial charge in [0.05, 0.1) is 15.7 Å². The summed E-state index contributed by atoms with van der Waals surface area (Å²) in [5.74, 6) is 0. The molecule has 0 aromatic heterocycles. The highest BCUT2D eigenvalue weighted by Crippen LogP contribution is 2.30. The molecule has 0 heterocycles. The largest absolute Gasteiger partial charge is 0.428 e. The number of halogens is 2. The number of para-hydroxylation sites is 1. The molecule has 0 fully saturated rings. The topological polar surface area (TPSA) is 62.1 Å². The Kier molecular flexibility index (Phi) is 4.22. The van der Waals surface area contributed by atoms with E-state index in [1.165, 1.54) is 13.8 Å². The van der Waals surface area contributed by atoms with E-state index in [2.05, 4.69) is 5.32 Å². The molecule has 0 aliphatic rings. The molecule has 0 bridgehead atoms. The molecular weight excluding hydrogens is 263 g/mol. The maximum atomic E-state index is 11.5. The van der Waals surface area contributed by atoms with Gasteiger partial charge in [-0.1, -0.05) is 29.3 Å². The summed E-state index contributed by atoms with van der Waals surface area (Å²) < 4.78 is 4.87. The van der Waals surface area contributed by atoms with E-state index in [4.69, 9.17) is 33.2 Å². The summed E-state index contributed by atoms with van der Waals surface area (Å²) in [6.45, 7) is 2.95. The zero-order chi connectivity index (χ0) is 13.1. The molecule has 0 radical (unpaired) electrons. The predicted molar refractivity (Wildman–Crippen MR) is 66.3 cm³/mol. The van der Waals surface area contributed by atoms with Gasteiger partial charge in [0.25, 0.3) is 0 Å². The highest BCUT2D eigenvalue weighted by molar-refractivity contribution is 6.39. The molecule has 0 saturated heterocycles. The van der Waals surface area contributed by atoms with Gasteiger partial charge in [-0.3, -0.25) is 5.32 Å². The van der Waals surface area contributed by atoms with Gasteiger partial charge in [-0.15, -0.1) is 0 Å². The molecule has 6 heteroatoms. The minimum absolute atomic E-state index is 0.259. The molecule has 1 amide bonds. The molecule has 17 heavy (non-hydrogen) atoms. The van der Waals surface area contributed by atoms with Crippen molar-refractivity contribution in [3.8, 4) is 6.07 Å². The summed E-state index contributed by atoms with van der Waals surface area (Å²) in [6, 6.07) is 6.66. The second kappa shape index (κ2) is 5.26. The SMILES string of the molecule is CC(C)(C#N)OC(=O)Nc1c(Cl)cccc1Cl. The Hall–Kier alpha value is -1.44. The molecule has 1 aromatic carbocycles. The molecule has 0 aliphatic carbocycles. The third-order valence-electron chi connectivity index (χ3n) is 1.81. The lowest BCUT2D eigenvalue weighted by Gasteiger charge is -2.17. The smallest absolute Gasteiger partial charge is 0.413 e. The van der Waals surface area contributed by atoms with Gasteiger partial charge in [-0.05, 0) is 26.0 Å². The molecule has 4 nitrogen and oxygen atoms in total. The van der Waals surface area contributed by atoms with Crippen LogP contribution in [0.5, 0.6) is 0 Å². The highest BCUT2D eigenvalue weighted by Gasteiger charge is 2.22. The lowest BCUT2D eigenvalue weighted by atomic mass is 10.2. The first-order chi connectivity index (χ1) is 7.85. The van der Waals surface area contributed by atoms with Crippen LogP contribution in [0.3, 0.4) is 0 Å². The van der Waals surface area contributed by atoms with Crippen molar-refractivity contribution in [2.24, 2.45) is 0 Å². The Balaban J connectivity index is 2.80. The Labute approximate surface area is 109 Å². The number of nitrogens with zero attached hydrogens (tertiary/aromatic N) is 1. The number of hydrogen-bond donors (Lipinski definition) is 1. The number of anilines is 1. The first kappa shape index (κ1) is 13.6. The van der Waals surface area contributed by atoms with Gasteiger partial charge in [0.1, 0.15) is 6.07 Å². The van der Waals surface area contributed by atoms with Crippen molar-refractivity contribution < 1.29 is 9.53 Å². The van der Waals surface area contributed by atoms with Crippen LogP contribution in [-0.2, 0) is 4.74 Å². The lowest BCUT2D eigenvalue weighted by Crippen LogP contribution is -2.29. The second-order valence-electron chi connectivity index (χ2n) is 3.73. The third-order valence-corrected chi connectivity index (χ3v) is 2.44. The van der Waals surface area contributed by atoms with Crippen LogP contribution < -0.4 is 5.32 Å². The van der Waals surface area contributed by atoms with E-state index in [1.807, 2.05) is 6.07 Å². The van der Waals surface area contributed by atoms with E-state index in [9.17, 15) is 4.79 Å². The van der Waals surface area contributed by atoms with Crippen molar-refractivity contribution in [1.82, 2.24) is 0 Å². The fourth-order valence-corrected chi connectivity index (χ4v) is 1.49. The number of rotatable bonds is 2. The number of amides is 1. The van der Waals surface area contributed by atoms with Crippen LogP contribution in [0.4, 0.5) is 10.5 Å². The van der Waals surface area contributed by atoms with E-state index < -0.39 is 11.7 Å². The van der Waals surface area contributed by atoms with Crippen LogP contribution in [0.25, 0.3) is 0 Å². The van der Waals surface area contributed by atoms with E-state index in [0.29, 0.717) is 10.0 Å². The maximum Gasteiger partial charge on any atom is 0.413 e. The van der Waals surface area contributed by atoms with Gasteiger partial charge in [0, 0.05) is 0 Å². The van der Waals surface area contributed by atoms with Gasteiger partial charge >= 0.3 is 6.09 Å². The van der Waals surface area contributed by atoms with Crippen LogP contribution >= 0.6 is 23.2 Å². The van der Waals surface area contributed by atoms with Gasteiger partial charge in [-0.2, -0.15) is 5.26 Å². The number of benzene rings is 1. The number of ether oxygens (including phenoxy) is 1. The number of carbonyl (C=O) groups is 1. The standard InChI is InChI=1S/C11H10Cl2N2O2/c1-11(2,6-14)17-10(16)15-9-7(12)4-3-5-8(9)13/h3-5H,1-2H3,(H,15,16). The number of carbonyl (C=O) groups excluding carboxylic acids is 1. The zero-order valence-electron chi connectivity index (χ0n) is 9.25.